The molecular formula is C17H28N4O2. The average Bonchev–Trinajstić information content (AvgIpc) is 3.17. The summed E-state index contributed by atoms with van der Waals surface area (Å²) >= 11 is 0. The first-order chi connectivity index (χ1) is 10.8. The van der Waals surface area contributed by atoms with E-state index in [1.165, 1.54) is 5.56 Å². The molecule has 6 heteroatoms. The zero-order valence-corrected chi connectivity index (χ0v) is 14.4. The Morgan fingerprint density at radius 3 is 2.43 bits per heavy atom. The van der Waals surface area contributed by atoms with E-state index in [-0.39, 0.29) is 11.6 Å². The van der Waals surface area contributed by atoms with Crippen LogP contribution in [0.5, 0.6) is 0 Å². The standard InChI is InChI=1S/C17H28N4O2/c1-17(2,3)21-12-13(10-18-21)11-19-6-8-20(9-7-19)15(16(22)23)14-4-5-14/h10,12,14-15H,4-9,11H2,1-3H3,(H,22,23). The van der Waals surface area contributed by atoms with Crippen LogP contribution in [-0.2, 0) is 16.9 Å². The van der Waals surface area contributed by atoms with Crippen LogP contribution in [0.25, 0.3) is 0 Å². The normalized spacial score (nSPS) is 22.2. The summed E-state index contributed by atoms with van der Waals surface area (Å²) in [5, 5.41) is 13.9. The summed E-state index contributed by atoms with van der Waals surface area (Å²) in [6.07, 6.45) is 6.21. The van der Waals surface area contributed by atoms with Gasteiger partial charge < -0.3 is 5.11 Å². The maximum absolute atomic E-state index is 11.5. The van der Waals surface area contributed by atoms with Crippen molar-refractivity contribution in [3.63, 3.8) is 0 Å². The zero-order chi connectivity index (χ0) is 16.6. The Morgan fingerprint density at radius 2 is 1.96 bits per heavy atom. The second-order valence-corrected chi connectivity index (χ2v) is 7.90. The number of aliphatic carboxylic acids is 1. The number of aromatic nitrogens is 2. The van der Waals surface area contributed by atoms with E-state index in [2.05, 4.69) is 41.9 Å². The van der Waals surface area contributed by atoms with Gasteiger partial charge in [0.2, 0.25) is 0 Å². The molecule has 1 unspecified atom stereocenters. The topological polar surface area (TPSA) is 61.6 Å². The van der Waals surface area contributed by atoms with Crippen molar-refractivity contribution in [2.24, 2.45) is 5.92 Å². The second kappa shape index (κ2) is 6.24. The predicted molar refractivity (Wildman–Crippen MR) is 88.2 cm³/mol. The number of hydrogen-bond acceptors (Lipinski definition) is 4. The highest BCUT2D eigenvalue weighted by Crippen LogP contribution is 2.35. The van der Waals surface area contributed by atoms with Crippen molar-refractivity contribution >= 4 is 5.97 Å². The van der Waals surface area contributed by atoms with Crippen molar-refractivity contribution in [1.82, 2.24) is 19.6 Å². The minimum atomic E-state index is -0.646. The van der Waals surface area contributed by atoms with Crippen LogP contribution in [0, 0.1) is 5.92 Å². The summed E-state index contributed by atoms with van der Waals surface area (Å²) < 4.78 is 2.01. The highest BCUT2D eigenvalue weighted by Gasteiger charge is 2.41. The maximum Gasteiger partial charge on any atom is 0.321 e. The molecule has 0 bridgehead atoms. The maximum atomic E-state index is 11.5. The summed E-state index contributed by atoms with van der Waals surface area (Å²) in [5.41, 5.74) is 1.24. The molecular weight excluding hydrogens is 292 g/mol. The molecule has 2 aliphatic rings. The molecule has 1 aliphatic heterocycles. The van der Waals surface area contributed by atoms with Crippen molar-refractivity contribution in [2.75, 3.05) is 26.2 Å². The van der Waals surface area contributed by atoms with Gasteiger partial charge in [-0.3, -0.25) is 19.3 Å². The molecule has 1 atom stereocenters. The highest BCUT2D eigenvalue weighted by atomic mass is 16.4. The minimum absolute atomic E-state index is 0.00984. The van der Waals surface area contributed by atoms with E-state index < -0.39 is 5.97 Å². The van der Waals surface area contributed by atoms with E-state index in [0.29, 0.717) is 5.92 Å². The fraction of sp³-hybridized carbons (Fsp3) is 0.765. The summed E-state index contributed by atoms with van der Waals surface area (Å²) in [7, 11) is 0. The van der Waals surface area contributed by atoms with Crippen molar-refractivity contribution in [3.05, 3.63) is 18.0 Å². The van der Waals surface area contributed by atoms with Gasteiger partial charge in [-0.2, -0.15) is 5.10 Å². The monoisotopic (exact) mass is 320 g/mol. The number of nitrogens with zero attached hydrogens (tertiary/aromatic N) is 4. The van der Waals surface area contributed by atoms with Crippen LogP contribution in [0.1, 0.15) is 39.2 Å². The van der Waals surface area contributed by atoms with Crippen LogP contribution in [0.3, 0.4) is 0 Å². The number of rotatable bonds is 5. The van der Waals surface area contributed by atoms with Crippen molar-refractivity contribution in [3.8, 4) is 0 Å². The van der Waals surface area contributed by atoms with Crippen LogP contribution in [0.4, 0.5) is 0 Å². The van der Waals surface area contributed by atoms with Gasteiger partial charge in [0.25, 0.3) is 0 Å². The average molecular weight is 320 g/mol. The molecule has 0 aromatic carbocycles. The fourth-order valence-electron chi connectivity index (χ4n) is 3.33. The van der Waals surface area contributed by atoms with E-state index >= 15 is 0 Å². The quantitative estimate of drug-likeness (QED) is 0.893. The van der Waals surface area contributed by atoms with Crippen molar-refractivity contribution in [2.45, 2.75) is 51.7 Å². The highest BCUT2D eigenvalue weighted by molar-refractivity contribution is 5.74. The number of carboxylic acids is 1. The van der Waals surface area contributed by atoms with Gasteiger partial charge in [-0.15, -0.1) is 0 Å². The largest absolute Gasteiger partial charge is 0.480 e. The van der Waals surface area contributed by atoms with Crippen molar-refractivity contribution < 1.29 is 9.90 Å². The van der Waals surface area contributed by atoms with E-state index in [9.17, 15) is 9.90 Å². The molecule has 2 fully saturated rings. The molecule has 0 spiro atoms. The molecule has 1 aromatic heterocycles. The Kier molecular flexibility index (Phi) is 4.47. The number of carboxylic acid groups (broad SMARTS) is 1. The minimum Gasteiger partial charge on any atom is -0.480 e. The number of carbonyl (C=O) groups is 1. The summed E-state index contributed by atoms with van der Waals surface area (Å²) in [5.74, 6) is -0.267. The third-order valence-electron chi connectivity index (χ3n) is 4.85. The SMILES string of the molecule is CC(C)(C)n1cc(CN2CCN(C(C(=O)O)C3CC3)CC2)cn1. The van der Waals surface area contributed by atoms with E-state index in [1.54, 1.807) is 0 Å². The van der Waals surface area contributed by atoms with Gasteiger partial charge in [0.05, 0.1) is 11.7 Å². The molecule has 1 saturated heterocycles. The van der Waals surface area contributed by atoms with Gasteiger partial charge in [-0.25, -0.2) is 0 Å². The molecule has 2 heterocycles. The summed E-state index contributed by atoms with van der Waals surface area (Å²) in [4.78, 5) is 16.0. The van der Waals surface area contributed by atoms with Crippen LogP contribution >= 0.6 is 0 Å². The van der Waals surface area contributed by atoms with Gasteiger partial charge in [0, 0.05) is 44.5 Å². The summed E-state index contributed by atoms with van der Waals surface area (Å²) in [6.45, 7) is 10.9. The van der Waals surface area contributed by atoms with Crippen molar-refractivity contribution in [1.29, 1.82) is 0 Å². The molecule has 23 heavy (non-hydrogen) atoms. The molecule has 1 N–H and O–H groups in total. The Morgan fingerprint density at radius 1 is 1.30 bits per heavy atom. The van der Waals surface area contributed by atoms with Gasteiger partial charge in [0.1, 0.15) is 6.04 Å². The third kappa shape index (κ3) is 3.93. The Bertz CT molecular complexity index is 551. The van der Waals surface area contributed by atoms with Gasteiger partial charge in [-0.05, 0) is 39.5 Å². The van der Waals surface area contributed by atoms with Gasteiger partial charge >= 0.3 is 5.97 Å². The first-order valence-corrected chi connectivity index (χ1v) is 8.58. The zero-order valence-electron chi connectivity index (χ0n) is 14.4. The fourth-order valence-corrected chi connectivity index (χ4v) is 3.33. The molecule has 1 aromatic rings. The molecule has 0 radical (unpaired) electrons. The Hall–Kier alpha value is -1.40. The lowest BCUT2D eigenvalue weighted by Crippen LogP contribution is -2.53. The van der Waals surface area contributed by atoms with Crippen LogP contribution in [-0.4, -0.2) is 62.9 Å². The lowest BCUT2D eigenvalue weighted by molar-refractivity contribution is -0.145. The van der Waals surface area contributed by atoms with Crippen LogP contribution in [0.2, 0.25) is 0 Å². The Balaban J connectivity index is 1.53. The molecule has 6 nitrogen and oxygen atoms in total. The lowest BCUT2D eigenvalue weighted by Gasteiger charge is -2.37. The smallest absolute Gasteiger partial charge is 0.321 e. The number of piperazine rings is 1. The molecule has 3 rings (SSSR count). The van der Waals surface area contributed by atoms with Crippen LogP contribution < -0.4 is 0 Å². The van der Waals surface area contributed by atoms with Crippen LogP contribution in [0.15, 0.2) is 12.4 Å². The van der Waals surface area contributed by atoms with Gasteiger partial charge in [0.15, 0.2) is 0 Å². The van der Waals surface area contributed by atoms with E-state index in [1.807, 2.05) is 10.9 Å². The second-order valence-electron chi connectivity index (χ2n) is 7.90. The Labute approximate surface area is 138 Å². The first kappa shape index (κ1) is 16.5. The predicted octanol–water partition coefficient (Wildman–Crippen LogP) is 1.62. The number of hydrogen-bond donors (Lipinski definition) is 1. The van der Waals surface area contributed by atoms with E-state index in [0.717, 1.165) is 45.6 Å². The molecule has 1 aliphatic carbocycles. The molecule has 1 saturated carbocycles. The van der Waals surface area contributed by atoms with Gasteiger partial charge in [-0.1, -0.05) is 0 Å². The molecule has 0 amide bonds. The summed E-state index contributed by atoms with van der Waals surface area (Å²) in [6, 6.07) is -0.263. The lowest BCUT2D eigenvalue weighted by atomic mass is 10.1. The molecule has 128 valence electrons. The third-order valence-corrected chi connectivity index (χ3v) is 4.85. The van der Waals surface area contributed by atoms with E-state index in [4.69, 9.17) is 0 Å². The first-order valence-electron chi connectivity index (χ1n) is 8.58.